The van der Waals surface area contributed by atoms with E-state index in [1.54, 1.807) is 6.20 Å². The first-order chi connectivity index (χ1) is 26.1. The molecule has 0 aromatic carbocycles. The Morgan fingerprint density at radius 1 is 0.509 bits per heavy atom. The molecular formula is C45H66BrN7Si2. The highest BCUT2D eigenvalue weighted by Gasteiger charge is 2.47. The predicted octanol–water partition coefficient (Wildman–Crippen LogP) is 12.6. The number of hydrogen-bond donors (Lipinski definition) is 1. The average Bonchev–Trinajstić information content (AvgIpc) is 3.76. The van der Waals surface area contributed by atoms with Gasteiger partial charge in [0.05, 0.1) is 5.69 Å². The molecule has 0 saturated heterocycles. The summed E-state index contributed by atoms with van der Waals surface area (Å²) in [7, 11) is -3.49. The topological polar surface area (TPSA) is 87.4 Å². The maximum atomic E-state index is 5.29. The van der Waals surface area contributed by atoms with Crippen LogP contribution in [0.4, 0.5) is 0 Å². The molecule has 0 unspecified atom stereocenters. The molecule has 7 nitrogen and oxygen atoms in total. The van der Waals surface area contributed by atoms with E-state index in [4.69, 9.17) is 15.7 Å². The van der Waals surface area contributed by atoms with E-state index in [0.29, 0.717) is 39.8 Å². The summed E-state index contributed by atoms with van der Waals surface area (Å²) in [6.45, 7) is 29.3. The summed E-state index contributed by atoms with van der Waals surface area (Å²) in [5, 5.41) is 2.50. The lowest BCUT2D eigenvalue weighted by molar-refractivity contribution is 0.769. The van der Waals surface area contributed by atoms with Crippen molar-refractivity contribution in [3.8, 4) is 0 Å². The van der Waals surface area contributed by atoms with Crippen LogP contribution in [0.25, 0.3) is 22.1 Å². The molecule has 55 heavy (non-hydrogen) atoms. The summed E-state index contributed by atoms with van der Waals surface area (Å²) in [6.07, 6.45) is 10.1. The summed E-state index contributed by atoms with van der Waals surface area (Å²) < 4.78 is 6.07. The van der Waals surface area contributed by atoms with Gasteiger partial charge >= 0.3 is 0 Å². The van der Waals surface area contributed by atoms with Crippen molar-refractivity contribution in [2.45, 2.75) is 136 Å². The minimum Gasteiger partial charge on any atom is -0.359 e. The molecule has 0 fully saturated rings. The molecule has 0 saturated carbocycles. The van der Waals surface area contributed by atoms with Crippen LogP contribution in [0.15, 0.2) is 102 Å². The van der Waals surface area contributed by atoms with Gasteiger partial charge in [-0.1, -0.05) is 95.2 Å². The largest absolute Gasteiger partial charge is 0.359 e. The summed E-state index contributed by atoms with van der Waals surface area (Å²) in [5.41, 5.74) is 14.8. The number of nitrogens with zero attached hydrogens (tertiary/aromatic N) is 6. The molecule has 0 aliphatic carbocycles. The molecule has 0 aliphatic heterocycles. The molecule has 6 heterocycles. The Morgan fingerprint density at radius 3 is 1.33 bits per heavy atom. The zero-order valence-corrected chi connectivity index (χ0v) is 39.0. The van der Waals surface area contributed by atoms with Crippen molar-refractivity contribution >= 4 is 54.5 Å². The van der Waals surface area contributed by atoms with Crippen molar-refractivity contribution in [1.82, 2.24) is 28.4 Å². The van der Waals surface area contributed by atoms with Gasteiger partial charge in [0.1, 0.15) is 15.9 Å². The van der Waals surface area contributed by atoms with Crippen LogP contribution in [0.3, 0.4) is 0 Å². The lowest BCUT2D eigenvalue weighted by Gasteiger charge is -2.44. The Morgan fingerprint density at radius 2 is 0.927 bits per heavy atom. The first-order valence-electron chi connectivity index (χ1n) is 20.2. The van der Waals surface area contributed by atoms with E-state index in [9.17, 15) is 0 Å². The SMILES string of the molecule is CC(C)[Si](C(C)C)(C(C)C)n1ccc2ccc(Br)nc21.CC(C)[Si](C(C)C)(C(C)C)n1ccc2ccc(CCc3ccccn3)nc21.NCc1ccccn1. The van der Waals surface area contributed by atoms with Crippen molar-refractivity contribution in [2.24, 2.45) is 5.73 Å². The van der Waals surface area contributed by atoms with Gasteiger partial charge in [-0.25, -0.2) is 9.97 Å². The molecule has 0 radical (unpaired) electrons. The van der Waals surface area contributed by atoms with E-state index in [0.717, 1.165) is 40.2 Å². The number of aryl methyl sites for hydroxylation is 2. The summed E-state index contributed by atoms with van der Waals surface area (Å²) in [4.78, 5) is 18.3. The Balaban J connectivity index is 0.000000209. The number of aromatic nitrogens is 6. The minimum atomic E-state index is -1.78. The molecule has 0 aliphatic rings. The lowest BCUT2D eigenvalue weighted by Crippen LogP contribution is -2.51. The van der Waals surface area contributed by atoms with Gasteiger partial charge in [0.15, 0.2) is 16.5 Å². The van der Waals surface area contributed by atoms with Gasteiger partial charge < -0.3 is 14.2 Å². The van der Waals surface area contributed by atoms with Crippen LogP contribution < -0.4 is 5.73 Å². The molecule has 0 spiro atoms. The van der Waals surface area contributed by atoms with E-state index in [1.165, 1.54) is 16.4 Å². The maximum Gasteiger partial charge on any atom is 0.171 e. The molecule has 0 bridgehead atoms. The maximum absolute atomic E-state index is 5.29. The highest BCUT2D eigenvalue weighted by molar-refractivity contribution is 9.10. The first kappa shape index (κ1) is 44.3. The van der Waals surface area contributed by atoms with Crippen LogP contribution in [0.2, 0.25) is 33.2 Å². The molecule has 6 aromatic rings. The van der Waals surface area contributed by atoms with E-state index >= 15 is 0 Å². The van der Waals surface area contributed by atoms with Crippen molar-refractivity contribution < 1.29 is 0 Å². The Labute approximate surface area is 341 Å². The number of halogens is 1. The van der Waals surface area contributed by atoms with Crippen molar-refractivity contribution in [3.05, 3.63) is 119 Å². The molecule has 0 amide bonds. The Kier molecular flexibility index (Phi) is 15.8. The summed E-state index contributed by atoms with van der Waals surface area (Å²) >= 11 is 3.52. The molecule has 296 valence electrons. The molecule has 10 heteroatoms. The van der Waals surface area contributed by atoms with Gasteiger partial charge in [0.25, 0.3) is 0 Å². The van der Waals surface area contributed by atoms with Crippen molar-refractivity contribution in [2.75, 3.05) is 0 Å². The zero-order chi connectivity index (χ0) is 40.5. The van der Waals surface area contributed by atoms with Crippen LogP contribution in [0.1, 0.15) is 100 Å². The average molecular weight is 841 g/mol. The second-order valence-electron chi connectivity index (χ2n) is 16.7. The number of hydrogen-bond acceptors (Lipinski definition) is 5. The fourth-order valence-electron chi connectivity index (χ4n) is 9.79. The number of pyridine rings is 4. The Hall–Kier alpha value is -3.45. The molecule has 0 atom stereocenters. The number of rotatable bonds is 12. The van der Waals surface area contributed by atoms with E-state index in [2.05, 4.69) is 172 Å². The highest BCUT2D eigenvalue weighted by atomic mass is 79.9. The van der Waals surface area contributed by atoms with Crippen molar-refractivity contribution in [3.63, 3.8) is 0 Å². The van der Waals surface area contributed by atoms with Crippen LogP contribution in [-0.2, 0) is 19.4 Å². The molecule has 6 aromatic heterocycles. The summed E-state index contributed by atoms with van der Waals surface area (Å²) in [6, 6.07) is 24.9. The Bertz CT molecular complexity index is 2010. The third-order valence-corrected chi connectivity index (χ3v) is 25.7. The van der Waals surface area contributed by atoms with E-state index < -0.39 is 16.5 Å². The van der Waals surface area contributed by atoms with Gasteiger partial charge in [-0.2, -0.15) is 0 Å². The van der Waals surface area contributed by atoms with Gasteiger partial charge in [-0.3, -0.25) is 9.97 Å². The van der Waals surface area contributed by atoms with Gasteiger partial charge in [-0.15, -0.1) is 0 Å². The minimum absolute atomic E-state index is 0.529. The van der Waals surface area contributed by atoms with Gasteiger partial charge in [-0.05, 0) is 135 Å². The number of fused-ring (bicyclic) bond motifs is 2. The van der Waals surface area contributed by atoms with Crippen LogP contribution in [0, 0.1) is 0 Å². The zero-order valence-electron chi connectivity index (χ0n) is 35.5. The van der Waals surface area contributed by atoms with Crippen LogP contribution in [-0.4, -0.2) is 44.9 Å². The van der Waals surface area contributed by atoms with E-state index in [-0.39, 0.29) is 0 Å². The highest BCUT2D eigenvalue weighted by Crippen LogP contribution is 2.45. The predicted molar refractivity (Wildman–Crippen MR) is 244 cm³/mol. The summed E-state index contributed by atoms with van der Waals surface area (Å²) in [5.74, 6) is 0. The van der Waals surface area contributed by atoms with Crippen LogP contribution >= 0.6 is 15.9 Å². The molecular weight excluding hydrogens is 775 g/mol. The van der Waals surface area contributed by atoms with Crippen molar-refractivity contribution in [1.29, 1.82) is 0 Å². The van der Waals surface area contributed by atoms with Gasteiger partial charge in [0.2, 0.25) is 0 Å². The second kappa shape index (κ2) is 19.6. The lowest BCUT2D eigenvalue weighted by atomic mass is 10.1. The second-order valence-corrected chi connectivity index (χ2v) is 28.9. The monoisotopic (exact) mass is 839 g/mol. The third kappa shape index (κ3) is 9.58. The standard InChI is InChI=1S/C23H33N3Si.C16H25BrN2Si.C6H8N2/c1-17(2)27(18(3)4,19(5)6)26-16-14-20-10-11-22(25-23(20)26)13-12-21-9-7-8-15-24-21;1-11(2)20(12(3)4,13(5)6)19-10-9-14-7-8-15(17)18-16(14)19;7-5-6-3-1-2-4-8-6/h7-11,14-19H,12-13H2,1-6H3;7-13H,1-6H3;1-4H,5,7H2. The molecule has 2 N–H and O–H groups in total. The molecule has 6 rings (SSSR count). The normalized spacial score (nSPS) is 12.3. The number of nitrogens with two attached hydrogens (primary N) is 1. The first-order valence-corrected chi connectivity index (χ1v) is 25.4. The van der Waals surface area contributed by atoms with E-state index in [1.807, 2.05) is 36.5 Å². The van der Waals surface area contributed by atoms with Crippen LogP contribution in [0.5, 0.6) is 0 Å². The quantitative estimate of drug-likeness (QED) is 0.0979. The van der Waals surface area contributed by atoms with Gasteiger partial charge in [0, 0.05) is 41.1 Å². The fraction of sp³-hybridized carbons (Fsp3) is 0.467. The smallest absolute Gasteiger partial charge is 0.171 e. The third-order valence-electron chi connectivity index (χ3n) is 11.8. The fourth-order valence-corrected chi connectivity index (χ4v) is 23.2.